The first-order valence-electron chi connectivity index (χ1n) is 4.54. The Morgan fingerprint density at radius 1 is 1.25 bits per heavy atom. The van der Waals surface area contributed by atoms with E-state index in [-0.39, 0.29) is 0 Å². The maximum Gasteiger partial charge on any atom is 0.00939 e. The van der Waals surface area contributed by atoms with Crippen LogP contribution in [0, 0.1) is 12.3 Å². The third-order valence-electron chi connectivity index (χ3n) is 1.56. The van der Waals surface area contributed by atoms with Gasteiger partial charge in [0.05, 0.1) is 0 Å². The Balaban J connectivity index is 2.82. The van der Waals surface area contributed by atoms with Crippen molar-refractivity contribution >= 4 is 11.8 Å². The highest BCUT2D eigenvalue weighted by atomic mass is 32.2. The standard InChI is InChI=1S/C11H18S/c1-3-5-7-9-11-12-10-8-6-4-2/h2-3H,1,5-11H2. The van der Waals surface area contributed by atoms with Gasteiger partial charge in [0.1, 0.15) is 0 Å². The molecule has 0 aliphatic carbocycles. The molecule has 0 unspecified atom stereocenters. The molecule has 0 rings (SSSR count). The SMILES string of the molecule is C#CCCCSCCCCC=C. The first-order chi connectivity index (χ1) is 5.91. The summed E-state index contributed by atoms with van der Waals surface area (Å²) in [4.78, 5) is 0. The van der Waals surface area contributed by atoms with Crippen molar-refractivity contribution in [3.63, 3.8) is 0 Å². The van der Waals surface area contributed by atoms with Crippen LogP contribution in [0.25, 0.3) is 0 Å². The molecule has 0 aromatic rings. The lowest BCUT2D eigenvalue weighted by molar-refractivity contribution is 0.823. The van der Waals surface area contributed by atoms with Gasteiger partial charge in [0.2, 0.25) is 0 Å². The second kappa shape index (κ2) is 10.7. The minimum absolute atomic E-state index is 0.930. The van der Waals surface area contributed by atoms with E-state index in [9.17, 15) is 0 Å². The Morgan fingerprint density at radius 3 is 2.67 bits per heavy atom. The zero-order chi connectivity index (χ0) is 9.07. The van der Waals surface area contributed by atoms with Gasteiger partial charge in [-0.1, -0.05) is 6.08 Å². The van der Waals surface area contributed by atoms with E-state index >= 15 is 0 Å². The van der Waals surface area contributed by atoms with Gasteiger partial charge in [-0.15, -0.1) is 18.9 Å². The molecule has 0 aromatic carbocycles. The van der Waals surface area contributed by atoms with E-state index in [2.05, 4.69) is 12.5 Å². The molecule has 0 bridgehead atoms. The van der Waals surface area contributed by atoms with Crippen molar-refractivity contribution in [3.8, 4) is 12.3 Å². The number of allylic oxidation sites excluding steroid dienone is 1. The van der Waals surface area contributed by atoms with Crippen molar-refractivity contribution in [1.29, 1.82) is 0 Å². The predicted octanol–water partition coefficient (Wildman–Crippen LogP) is 3.49. The molecule has 0 saturated heterocycles. The Bertz CT molecular complexity index is 132. The van der Waals surface area contributed by atoms with Gasteiger partial charge in [0.15, 0.2) is 0 Å². The minimum Gasteiger partial charge on any atom is -0.162 e. The fourth-order valence-corrected chi connectivity index (χ4v) is 1.83. The summed E-state index contributed by atoms with van der Waals surface area (Å²) >= 11 is 2.01. The van der Waals surface area contributed by atoms with Crippen LogP contribution in [-0.2, 0) is 0 Å². The smallest absolute Gasteiger partial charge is 0.00939 e. The van der Waals surface area contributed by atoms with Crippen LogP contribution in [0.15, 0.2) is 12.7 Å². The van der Waals surface area contributed by atoms with Crippen molar-refractivity contribution in [3.05, 3.63) is 12.7 Å². The summed E-state index contributed by atoms with van der Waals surface area (Å²) in [5.41, 5.74) is 0. The number of rotatable bonds is 8. The summed E-state index contributed by atoms with van der Waals surface area (Å²) < 4.78 is 0. The summed E-state index contributed by atoms with van der Waals surface area (Å²) in [6.07, 6.45) is 13.0. The molecule has 0 amide bonds. The molecule has 0 nitrogen and oxygen atoms in total. The van der Waals surface area contributed by atoms with Crippen molar-refractivity contribution < 1.29 is 0 Å². The van der Waals surface area contributed by atoms with Crippen LogP contribution in [0.2, 0.25) is 0 Å². The molecule has 0 spiro atoms. The van der Waals surface area contributed by atoms with E-state index in [1.807, 2.05) is 17.8 Å². The number of unbranched alkanes of at least 4 members (excludes halogenated alkanes) is 3. The molecule has 0 saturated carbocycles. The quantitative estimate of drug-likeness (QED) is 0.314. The molecular formula is C11H18S. The maximum atomic E-state index is 5.14. The summed E-state index contributed by atoms with van der Waals surface area (Å²) in [5, 5.41) is 0. The van der Waals surface area contributed by atoms with Gasteiger partial charge in [0.25, 0.3) is 0 Å². The lowest BCUT2D eigenvalue weighted by Crippen LogP contribution is -1.83. The highest BCUT2D eigenvalue weighted by Gasteiger charge is 1.88. The molecule has 0 aliphatic rings. The monoisotopic (exact) mass is 182 g/mol. The minimum atomic E-state index is 0.930. The van der Waals surface area contributed by atoms with E-state index < -0.39 is 0 Å². The molecule has 68 valence electrons. The molecule has 0 aromatic heterocycles. The predicted molar refractivity (Wildman–Crippen MR) is 59.4 cm³/mol. The van der Waals surface area contributed by atoms with Crippen LogP contribution in [-0.4, -0.2) is 11.5 Å². The molecular weight excluding hydrogens is 164 g/mol. The zero-order valence-electron chi connectivity index (χ0n) is 7.72. The zero-order valence-corrected chi connectivity index (χ0v) is 8.54. The third-order valence-corrected chi connectivity index (χ3v) is 2.71. The molecule has 0 N–H and O–H groups in total. The lowest BCUT2D eigenvalue weighted by Gasteiger charge is -1.98. The average Bonchev–Trinajstić information content (AvgIpc) is 2.10. The van der Waals surface area contributed by atoms with Gasteiger partial charge >= 0.3 is 0 Å². The van der Waals surface area contributed by atoms with Crippen LogP contribution >= 0.6 is 11.8 Å². The Kier molecular flexibility index (Phi) is 10.3. The van der Waals surface area contributed by atoms with Crippen LogP contribution in [0.4, 0.5) is 0 Å². The molecule has 0 atom stereocenters. The molecule has 0 aliphatic heterocycles. The highest BCUT2D eigenvalue weighted by molar-refractivity contribution is 7.99. The number of thioether (sulfide) groups is 1. The van der Waals surface area contributed by atoms with Gasteiger partial charge < -0.3 is 0 Å². The second-order valence-corrected chi connectivity index (χ2v) is 3.93. The molecule has 12 heavy (non-hydrogen) atoms. The highest BCUT2D eigenvalue weighted by Crippen LogP contribution is 2.08. The molecule has 0 fully saturated rings. The van der Waals surface area contributed by atoms with Gasteiger partial charge in [-0.25, -0.2) is 0 Å². The van der Waals surface area contributed by atoms with Gasteiger partial charge in [0, 0.05) is 6.42 Å². The molecule has 1 heteroatoms. The van der Waals surface area contributed by atoms with Crippen molar-refractivity contribution in [2.24, 2.45) is 0 Å². The van der Waals surface area contributed by atoms with Crippen LogP contribution < -0.4 is 0 Å². The van der Waals surface area contributed by atoms with Crippen LogP contribution in [0.3, 0.4) is 0 Å². The fraction of sp³-hybridized carbons (Fsp3) is 0.636. The average molecular weight is 182 g/mol. The summed E-state index contributed by atoms with van der Waals surface area (Å²) in [6, 6.07) is 0. The van der Waals surface area contributed by atoms with E-state index in [0.717, 1.165) is 12.8 Å². The third kappa shape index (κ3) is 9.65. The van der Waals surface area contributed by atoms with Gasteiger partial charge in [-0.05, 0) is 37.2 Å². The van der Waals surface area contributed by atoms with Gasteiger partial charge in [-0.3, -0.25) is 0 Å². The Labute approximate surface area is 80.8 Å². The summed E-state index contributed by atoms with van der Waals surface area (Å²) in [6.45, 7) is 3.69. The van der Waals surface area contributed by atoms with Crippen LogP contribution in [0.1, 0.15) is 32.1 Å². The van der Waals surface area contributed by atoms with E-state index in [4.69, 9.17) is 6.42 Å². The molecule has 0 heterocycles. The van der Waals surface area contributed by atoms with E-state index in [1.54, 1.807) is 0 Å². The lowest BCUT2D eigenvalue weighted by atomic mass is 10.2. The van der Waals surface area contributed by atoms with Crippen LogP contribution in [0.5, 0.6) is 0 Å². The summed E-state index contributed by atoms with van der Waals surface area (Å²) in [7, 11) is 0. The molecule has 0 radical (unpaired) electrons. The second-order valence-electron chi connectivity index (χ2n) is 2.70. The van der Waals surface area contributed by atoms with Crippen molar-refractivity contribution in [2.75, 3.05) is 11.5 Å². The first kappa shape index (κ1) is 11.6. The number of hydrogen-bond donors (Lipinski definition) is 0. The Hall–Kier alpha value is -0.350. The number of terminal acetylenes is 1. The van der Waals surface area contributed by atoms with Crippen molar-refractivity contribution in [1.82, 2.24) is 0 Å². The van der Waals surface area contributed by atoms with Gasteiger partial charge in [-0.2, -0.15) is 11.8 Å². The number of hydrogen-bond acceptors (Lipinski definition) is 1. The topological polar surface area (TPSA) is 0 Å². The summed E-state index contributed by atoms with van der Waals surface area (Å²) in [5.74, 6) is 5.15. The van der Waals surface area contributed by atoms with E-state index in [0.29, 0.717) is 0 Å². The first-order valence-corrected chi connectivity index (χ1v) is 5.69. The normalized spacial score (nSPS) is 9.25. The largest absolute Gasteiger partial charge is 0.162 e. The van der Waals surface area contributed by atoms with E-state index in [1.165, 1.54) is 30.8 Å². The Morgan fingerprint density at radius 2 is 2.00 bits per heavy atom. The van der Waals surface area contributed by atoms with Crippen molar-refractivity contribution in [2.45, 2.75) is 32.1 Å². The maximum absolute atomic E-state index is 5.14. The fourth-order valence-electron chi connectivity index (χ4n) is 0.871.